The van der Waals surface area contributed by atoms with E-state index in [-0.39, 0.29) is 25.1 Å². The fraction of sp³-hybridized carbons (Fsp3) is 0.364. The summed E-state index contributed by atoms with van der Waals surface area (Å²) in [6, 6.07) is 10.3. The Morgan fingerprint density at radius 3 is 2.50 bits per heavy atom. The molecule has 2 heterocycles. The van der Waals surface area contributed by atoms with E-state index >= 15 is 0 Å². The first-order valence-corrected chi connectivity index (χ1v) is 12.3. The molecule has 1 saturated heterocycles. The first-order chi connectivity index (χ1) is 15.4. The number of esters is 1. The highest BCUT2D eigenvalue weighted by Crippen LogP contribution is 2.28. The number of piperazine rings is 1. The van der Waals surface area contributed by atoms with Gasteiger partial charge in [-0.15, -0.1) is 0 Å². The highest BCUT2D eigenvalue weighted by atomic mass is 35.5. The van der Waals surface area contributed by atoms with Crippen molar-refractivity contribution < 1.29 is 23.3 Å². The van der Waals surface area contributed by atoms with E-state index in [0.29, 0.717) is 59.2 Å². The van der Waals surface area contributed by atoms with Gasteiger partial charge >= 0.3 is 12.1 Å². The molecule has 32 heavy (non-hydrogen) atoms. The zero-order valence-electron chi connectivity index (χ0n) is 17.2. The van der Waals surface area contributed by atoms with Crippen LogP contribution >= 0.6 is 23.2 Å². The van der Waals surface area contributed by atoms with Gasteiger partial charge in [0, 0.05) is 59.0 Å². The third kappa shape index (κ3) is 5.81. The monoisotopic (exact) mass is 496 g/mol. The summed E-state index contributed by atoms with van der Waals surface area (Å²) in [4.78, 5) is 28.2. The van der Waals surface area contributed by atoms with Crippen LogP contribution in [0.15, 0.2) is 41.3 Å². The molecule has 0 radical (unpaired) electrons. The van der Waals surface area contributed by atoms with Gasteiger partial charge in [-0.2, -0.15) is 0 Å². The SMILES string of the molecule is O=C1Cc2ccc([S@@](=O)CCN3CCN(C(=O)OCc4cc(Cl)cc(Cl)c4)CC3)cc2O1. The third-order valence-electron chi connectivity index (χ3n) is 5.37. The summed E-state index contributed by atoms with van der Waals surface area (Å²) < 4.78 is 23.2. The average Bonchev–Trinajstić information content (AvgIpc) is 3.14. The molecule has 170 valence electrons. The van der Waals surface area contributed by atoms with Crippen molar-refractivity contribution in [2.75, 3.05) is 38.5 Å². The van der Waals surface area contributed by atoms with E-state index in [1.165, 1.54) is 0 Å². The molecule has 0 N–H and O–H groups in total. The zero-order valence-corrected chi connectivity index (χ0v) is 19.5. The number of rotatable bonds is 6. The van der Waals surface area contributed by atoms with Crippen LogP contribution in [-0.4, -0.2) is 64.5 Å². The van der Waals surface area contributed by atoms with Crippen LogP contribution in [0.1, 0.15) is 11.1 Å². The molecule has 2 aliphatic heterocycles. The number of ether oxygens (including phenoxy) is 2. The zero-order chi connectivity index (χ0) is 22.7. The number of benzene rings is 2. The molecule has 0 saturated carbocycles. The number of fused-ring (bicyclic) bond motifs is 1. The molecule has 0 spiro atoms. The Labute approximate surface area is 198 Å². The van der Waals surface area contributed by atoms with Crippen LogP contribution in [0, 0.1) is 0 Å². The minimum atomic E-state index is -1.19. The highest BCUT2D eigenvalue weighted by Gasteiger charge is 2.24. The van der Waals surface area contributed by atoms with Crippen molar-refractivity contribution in [1.82, 2.24) is 9.80 Å². The molecule has 1 atom stereocenters. The van der Waals surface area contributed by atoms with E-state index in [2.05, 4.69) is 4.90 Å². The van der Waals surface area contributed by atoms with Crippen molar-refractivity contribution in [3.8, 4) is 5.75 Å². The summed E-state index contributed by atoms with van der Waals surface area (Å²) in [7, 11) is -1.19. The summed E-state index contributed by atoms with van der Waals surface area (Å²) in [5.41, 5.74) is 1.57. The van der Waals surface area contributed by atoms with E-state index < -0.39 is 10.8 Å². The standard InChI is InChI=1S/C22H22Cl2N2O5S/c23-17-9-15(10-18(24)12-17)14-30-22(28)26-5-3-25(4-6-26)7-8-32(29)19-2-1-16-11-21(27)31-20(16)13-19/h1-2,9-10,12-13H,3-8,11,14H2/t32-/m0/s1. The first-order valence-electron chi connectivity index (χ1n) is 10.2. The Morgan fingerprint density at radius 2 is 1.78 bits per heavy atom. The average molecular weight is 497 g/mol. The predicted molar refractivity (Wildman–Crippen MR) is 122 cm³/mol. The molecular formula is C22H22Cl2N2O5S. The maximum Gasteiger partial charge on any atom is 0.410 e. The molecule has 0 aromatic heterocycles. The van der Waals surface area contributed by atoms with Crippen LogP contribution in [0.5, 0.6) is 5.75 Å². The second-order valence-electron chi connectivity index (χ2n) is 7.63. The van der Waals surface area contributed by atoms with Gasteiger partial charge in [0.1, 0.15) is 12.4 Å². The molecule has 2 aromatic carbocycles. The van der Waals surface area contributed by atoms with Crippen molar-refractivity contribution in [2.24, 2.45) is 0 Å². The minimum Gasteiger partial charge on any atom is -0.445 e. The summed E-state index contributed by atoms with van der Waals surface area (Å²) >= 11 is 11.9. The fourth-order valence-corrected chi connectivity index (χ4v) is 5.34. The number of carbonyl (C=O) groups is 2. The topological polar surface area (TPSA) is 76.2 Å². The van der Waals surface area contributed by atoms with Crippen LogP contribution in [-0.2, 0) is 33.4 Å². The maximum absolute atomic E-state index is 12.6. The quantitative estimate of drug-likeness (QED) is 0.449. The Kier molecular flexibility index (Phi) is 7.35. The summed E-state index contributed by atoms with van der Waals surface area (Å²) in [5.74, 6) is 0.691. The van der Waals surface area contributed by atoms with Crippen molar-refractivity contribution in [1.29, 1.82) is 0 Å². The van der Waals surface area contributed by atoms with E-state index in [1.807, 2.05) is 0 Å². The molecule has 0 unspecified atom stereocenters. The van der Waals surface area contributed by atoms with Crippen molar-refractivity contribution in [2.45, 2.75) is 17.9 Å². The van der Waals surface area contributed by atoms with Gasteiger partial charge in [0.2, 0.25) is 0 Å². The lowest BCUT2D eigenvalue weighted by Gasteiger charge is -2.33. The number of hydrogen-bond acceptors (Lipinski definition) is 6. The van der Waals surface area contributed by atoms with Crippen LogP contribution in [0.4, 0.5) is 4.79 Å². The van der Waals surface area contributed by atoms with E-state index in [1.54, 1.807) is 41.3 Å². The van der Waals surface area contributed by atoms with Gasteiger partial charge in [0.25, 0.3) is 0 Å². The summed E-state index contributed by atoms with van der Waals surface area (Å²) in [5, 5.41) is 0.992. The highest BCUT2D eigenvalue weighted by molar-refractivity contribution is 7.85. The second kappa shape index (κ2) is 10.2. The molecule has 1 amide bonds. The molecule has 4 rings (SSSR count). The molecule has 0 bridgehead atoms. The van der Waals surface area contributed by atoms with E-state index in [9.17, 15) is 13.8 Å². The largest absolute Gasteiger partial charge is 0.445 e. The Balaban J connectivity index is 1.20. The molecule has 7 nitrogen and oxygen atoms in total. The third-order valence-corrected chi connectivity index (χ3v) is 7.14. The van der Waals surface area contributed by atoms with Crippen LogP contribution < -0.4 is 4.74 Å². The fourth-order valence-electron chi connectivity index (χ4n) is 3.65. The number of hydrogen-bond donors (Lipinski definition) is 0. The van der Waals surface area contributed by atoms with Gasteiger partial charge in [-0.25, -0.2) is 4.79 Å². The normalized spacial score (nSPS) is 17.1. The Hall–Kier alpha value is -2.13. The van der Waals surface area contributed by atoms with Gasteiger partial charge in [0.15, 0.2) is 0 Å². The number of nitrogens with zero attached hydrogens (tertiary/aromatic N) is 2. The number of halogens is 2. The smallest absolute Gasteiger partial charge is 0.410 e. The van der Waals surface area contributed by atoms with Gasteiger partial charge < -0.3 is 14.4 Å². The predicted octanol–water partition coefficient (Wildman–Crippen LogP) is 3.52. The van der Waals surface area contributed by atoms with Crippen molar-refractivity contribution >= 4 is 46.1 Å². The minimum absolute atomic E-state index is 0.106. The van der Waals surface area contributed by atoms with Crippen molar-refractivity contribution in [3.63, 3.8) is 0 Å². The van der Waals surface area contributed by atoms with Gasteiger partial charge in [-0.05, 0) is 35.9 Å². The van der Waals surface area contributed by atoms with Crippen LogP contribution in [0.25, 0.3) is 0 Å². The molecule has 2 aromatic rings. The van der Waals surface area contributed by atoms with E-state index in [0.717, 1.165) is 11.1 Å². The number of carbonyl (C=O) groups excluding carboxylic acids is 2. The molecule has 1 fully saturated rings. The first kappa shape index (κ1) is 23.0. The van der Waals surface area contributed by atoms with Gasteiger partial charge in [0.05, 0.1) is 17.2 Å². The molecule has 10 heteroatoms. The van der Waals surface area contributed by atoms with Gasteiger partial charge in [-0.3, -0.25) is 13.9 Å². The van der Waals surface area contributed by atoms with Crippen molar-refractivity contribution in [3.05, 3.63) is 57.6 Å². The van der Waals surface area contributed by atoms with E-state index in [4.69, 9.17) is 32.7 Å². The molecule has 2 aliphatic rings. The lowest BCUT2D eigenvalue weighted by Crippen LogP contribution is -2.49. The Morgan fingerprint density at radius 1 is 1.06 bits per heavy atom. The van der Waals surface area contributed by atoms with Crippen LogP contribution in [0.2, 0.25) is 10.0 Å². The molecule has 0 aliphatic carbocycles. The summed E-state index contributed by atoms with van der Waals surface area (Å²) in [6.07, 6.45) is -0.112. The van der Waals surface area contributed by atoms with Gasteiger partial charge in [-0.1, -0.05) is 29.3 Å². The van der Waals surface area contributed by atoms with Crippen LogP contribution in [0.3, 0.4) is 0 Å². The second-order valence-corrected chi connectivity index (χ2v) is 10.1. The molecular weight excluding hydrogens is 475 g/mol. The lowest BCUT2D eigenvalue weighted by molar-refractivity contribution is -0.131. The maximum atomic E-state index is 12.6. The Bertz CT molecular complexity index is 1040. The summed E-state index contributed by atoms with van der Waals surface area (Å²) in [6.45, 7) is 3.18. The number of amides is 1. The lowest BCUT2D eigenvalue weighted by atomic mass is 10.2.